The highest BCUT2D eigenvalue weighted by molar-refractivity contribution is 5.44. The van der Waals surface area contributed by atoms with E-state index in [2.05, 4.69) is 9.97 Å². The van der Waals surface area contributed by atoms with E-state index in [9.17, 15) is 0 Å². The van der Waals surface area contributed by atoms with Gasteiger partial charge in [-0.25, -0.2) is 4.98 Å². The number of aliphatic hydroxyl groups is 1. The third-order valence-electron chi connectivity index (χ3n) is 1.72. The summed E-state index contributed by atoms with van der Waals surface area (Å²) in [6, 6.07) is 0. The molecular formula is C8H9N3O. The molecule has 2 aromatic heterocycles. The summed E-state index contributed by atoms with van der Waals surface area (Å²) in [7, 11) is 0. The van der Waals surface area contributed by atoms with Crippen molar-refractivity contribution in [3.05, 3.63) is 30.0 Å². The van der Waals surface area contributed by atoms with Gasteiger partial charge in [0.15, 0.2) is 5.65 Å². The van der Waals surface area contributed by atoms with Gasteiger partial charge in [-0.1, -0.05) is 0 Å². The van der Waals surface area contributed by atoms with Gasteiger partial charge in [-0.2, -0.15) is 0 Å². The molecule has 0 saturated heterocycles. The molecule has 2 aromatic rings. The largest absolute Gasteiger partial charge is 0.390 e. The highest BCUT2D eigenvalue weighted by Crippen LogP contribution is 2.07. The predicted molar refractivity (Wildman–Crippen MR) is 43.6 cm³/mol. The van der Waals surface area contributed by atoms with E-state index in [1.54, 1.807) is 6.20 Å². The second kappa shape index (κ2) is 2.57. The first-order valence-corrected chi connectivity index (χ1v) is 3.71. The number of aryl methyl sites for hydroxylation is 1. The van der Waals surface area contributed by atoms with Gasteiger partial charge >= 0.3 is 0 Å². The molecule has 0 spiro atoms. The number of aliphatic hydroxyl groups excluding tert-OH is 1. The second-order valence-corrected chi connectivity index (χ2v) is 2.65. The maximum atomic E-state index is 8.93. The van der Waals surface area contributed by atoms with Crippen LogP contribution in [0.3, 0.4) is 0 Å². The van der Waals surface area contributed by atoms with Crippen molar-refractivity contribution in [3.63, 3.8) is 0 Å². The monoisotopic (exact) mass is 163 g/mol. The number of hydrogen-bond acceptors (Lipinski definition) is 3. The molecule has 0 atom stereocenters. The van der Waals surface area contributed by atoms with Crippen LogP contribution in [-0.4, -0.2) is 19.5 Å². The minimum absolute atomic E-state index is 0.0687. The molecule has 0 aliphatic carbocycles. The van der Waals surface area contributed by atoms with Gasteiger partial charge < -0.3 is 9.51 Å². The van der Waals surface area contributed by atoms with Gasteiger partial charge in [-0.15, -0.1) is 0 Å². The summed E-state index contributed by atoms with van der Waals surface area (Å²) in [5.41, 5.74) is 2.28. The van der Waals surface area contributed by atoms with E-state index in [1.165, 1.54) is 0 Å². The molecule has 0 radical (unpaired) electrons. The van der Waals surface area contributed by atoms with Crippen LogP contribution in [0, 0.1) is 6.92 Å². The lowest BCUT2D eigenvalue weighted by atomic mass is 10.4. The fourth-order valence-corrected chi connectivity index (χ4v) is 1.21. The van der Waals surface area contributed by atoms with Crippen LogP contribution in [0.5, 0.6) is 0 Å². The zero-order valence-electron chi connectivity index (χ0n) is 6.73. The predicted octanol–water partition coefficient (Wildman–Crippen LogP) is 0.530. The molecule has 2 rings (SSSR count). The van der Waals surface area contributed by atoms with E-state index in [-0.39, 0.29) is 6.61 Å². The average Bonchev–Trinajstić information content (AvgIpc) is 2.44. The SMILES string of the molecule is Cc1cn2ccnc(CO)c2n1. The van der Waals surface area contributed by atoms with Gasteiger partial charge in [0.05, 0.1) is 12.3 Å². The molecule has 0 saturated carbocycles. The Morgan fingerprint density at radius 2 is 2.42 bits per heavy atom. The van der Waals surface area contributed by atoms with Crippen molar-refractivity contribution in [2.45, 2.75) is 13.5 Å². The molecule has 62 valence electrons. The Kier molecular flexibility index (Phi) is 1.55. The zero-order valence-corrected chi connectivity index (χ0v) is 6.73. The fourth-order valence-electron chi connectivity index (χ4n) is 1.21. The average molecular weight is 163 g/mol. The number of imidazole rings is 1. The van der Waals surface area contributed by atoms with Crippen LogP contribution in [0.25, 0.3) is 5.65 Å². The van der Waals surface area contributed by atoms with Gasteiger partial charge in [0.1, 0.15) is 5.69 Å². The summed E-state index contributed by atoms with van der Waals surface area (Å²) in [6.07, 6.45) is 5.37. The fraction of sp³-hybridized carbons (Fsp3) is 0.250. The van der Waals surface area contributed by atoms with Crippen molar-refractivity contribution >= 4 is 5.65 Å². The topological polar surface area (TPSA) is 50.4 Å². The van der Waals surface area contributed by atoms with Crippen molar-refractivity contribution in [2.24, 2.45) is 0 Å². The minimum Gasteiger partial charge on any atom is -0.390 e. The smallest absolute Gasteiger partial charge is 0.161 e. The standard InChI is InChI=1S/C8H9N3O/c1-6-4-11-3-2-9-7(5-12)8(11)10-6/h2-4,12H,5H2,1H3. The Morgan fingerprint density at radius 1 is 1.58 bits per heavy atom. The lowest BCUT2D eigenvalue weighted by Gasteiger charge is -1.96. The molecule has 4 heteroatoms. The third kappa shape index (κ3) is 0.967. The molecular weight excluding hydrogens is 154 g/mol. The molecule has 2 heterocycles. The van der Waals surface area contributed by atoms with Crippen LogP contribution in [0.1, 0.15) is 11.4 Å². The maximum absolute atomic E-state index is 8.93. The van der Waals surface area contributed by atoms with E-state index in [0.717, 1.165) is 11.3 Å². The van der Waals surface area contributed by atoms with Gasteiger partial charge in [0.2, 0.25) is 0 Å². The molecule has 4 nitrogen and oxygen atoms in total. The van der Waals surface area contributed by atoms with Gasteiger partial charge in [0, 0.05) is 18.6 Å². The number of rotatable bonds is 1. The van der Waals surface area contributed by atoms with Crippen LogP contribution >= 0.6 is 0 Å². The first kappa shape index (κ1) is 7.24. The van der Waals surface area contributed by atoms with Gasteiger partial charge in [-0.05, 0) is 6.92 Å². The first-order chi connectivity index (χ1) is 5.81. The molecule has 0 bridgehead atoms. The minimum atomic E-state index is -0.0687. The summed E-state index contributed by atoms with van der Waals surface area (Å²) in [5, 5.41) is 8.93. The van der Waals surface area contributed by atoms with Crippen molar-refractivity contribution in [2.75, 3.05) is 0 Å². The molecule has 0 amide bonds. The molecule has 12 heavy (non-hydrogen) atoms. The molecule has 1 N–H and O–H groups in total. The van der Waals surface area contributed by atoms with E-state index < -0.39 is 0 Å². The van der Waals surface area contributed by atoms with Crippen molar-refractivity contribution in [1.29, 1.82) is 0 Å². The Morgan fingerprint density at radius 3 is 3.17 bits per heavy atom. The van der Waals surface area contributed by atoms with E-state index in [4.69, 9.17) is 5.11 Å². The van der Waals surface area contributed by atoms with Crippen molar-refractivity contribution < 1.29 is 5.11 Å². The van der Waals surface area contributed by atoms with E-state index in [1.807, 2.05) is 23.7 Å². The lowest BCUT2D eigenvalue weighted by Crippen LogP contribution is -1.94. The first-order valence-electron chi connectivity index (χ1n) is 3.71. The van der Waals surface area contributed by atoms with Crippen LogP contribution < -0.4 is 0 Å². The van der Waals surface area contributed by atoms with Crippen LogP contribution in [-0.2, 0) is 6.61 Å². The van der Waals surface area contributed by atoms with E-state index in [0.29, 0.717) is 5.69 Å². The Labute approximate surface area is 69.5 Å². The number of hydrogen-bond donors (Lipinski definition) is 1. The Balaban J connectivity index is 2.78. The lowest BCUT2D eigenvalue weighted by molar-refractivity contribution is 0.277. The van der Waals surface area contributed by atoms with Gasteiger partial charge in [0.25, 0.3) is 0 Å². The van der Waals surface area contributed by atoms with Crippen molar-refractivity contribution in [3.8, 4) is 0 Å². The Bertz CT molecular complexity index is 408. The van der Waals surface area contributed by atoms with Crippen LogP contribution in [0.2, 0.25) is 0 Å². The summed E-state index contributed by atoms with van der Waals surface area (Å²) in [5.74, 6) is 0. The second-order valence-electron chi connectivity index (χ2n) is 2.65. The van der Waals surface area contributed by atoms with Gasteiger partial charge in [-0.3, -0.25) is 4.98 Å². The van der Waals surface area contributed by atoms with Crippen LogP contribution in [0.4, 0.5) is 0 Å². The number of fused-ring (bicyclic) bond motifs is 1. The molecule has 0 aromatic carbocycles. The molecule has 0 unspecified atom stereocenters. The van der Waals surface area contributed by atoms with E-state index >= 15 is 0 Å². The highest BCUT2D eigenvalue weighted by Gasteiger charge is 2.02. The summed E-state index contributed by atoms with van der Waals surface area (Å²) >= 11 is 0. The molecule has 0 aliphatic heterocycles. The third-order valence-corrected chi connectivity index (χ3v) is 1.72. The van der Waals surface area contributed by atoms with Crippen molar-refractivity contribution in [1.82, 2.24) is 14.4 Å². The normalized spacial score (nSPS) is 10.8. The summed E-state index contributed by atoms with van der Waals surface area (Å²) in [6.45, 7) is 1.84. The highest BCUT2D eigenvalue weighted by atomic mass is 16.3. The summed E-state index contributed by atoms with van der Waals surface area (Å²) < 4.78 is 1.86. The van der Waals surface area contributed by atoms with Crippen LogP contribution in [0.15, 0.2) is 18.6 Å². The quantitative estimate of drug-likeness (QED) is 0.667. The number of aromatic nitrogens is 3. The Hall–Kier alpha value is -1.42. The molecule has 0 aliphatic rings. The molecule has 0 fully saturated rings. The maximum Gasteiger partial charge on any atom is 0.161 e. The summed E-state index contributed by atoms with van der Waals surface area (Å²) in [4.78, 5) is 8.23. The number of nitrogens with zero attached hydrogens (tertiary/aromatic N) is 3. The zero-order chi connectivity index (χ0) is 8.55.